The summed E-state index contributed by atoms with van der Waals surface area (Å²) in [4.78, 5) is 4.81. The number of piperazine rings is 1. The van der Waals surface area contributed by atoms with E-state index < -0.39 is 11.2 Å². The summed E-state index contributed by atoms with van der Waals surface area (Å²) in [5, 5.41) is 21.5. The number of aliphatic hydroxyl groups is 2. The Morgan fingerprint density at radius 2 is 0.893 bits per heavy atom. The Balaban J connectivity index is 2.21. The Bertz CT molecular complexity index is 341. The van der Waals surface area contributed by atoms with Crippen molar-refractivity contribution in [1.82, 2.24) is 9.80 Å². The van der Waals surface area contributed by atoms with Crippen LogP contribution in [0.1, 0.15) is 105 Å². The lowest BCUT2D eigenvalue weighted by molar-refractivity contribution is -0.0261. The second-order valence-electron chi connectivity index (χ2n) is 9.87. The molecule has 28 heavy (non-hydrogen) atoms. The molecular formula is C24H50N2O2. The van der Waals surface area contributed by atoms with E-state index in [2.05, 4.69) is 23.6 Å². The summed E-state index contributed by atoms with van der Waals surface area (Å²) in [7, 11) is 0. The van der Waals surface area contributed by atoms with Crippen LogP contribution in [0.5, 0.6) is 0 Å². The molecule has 0 radical (unpaired) electrons. The van der Waals surface area contributed by atoms with Gasteiger partial charge in [0, 0.05) is 39.3 Å². The third kappa shape index (κ3) is 12.4. The Labute approximate surface area is 175 Å². The Morgan fingerprint density at radius 1 is 0.571 bits per heavy atom. The first-order valence-corrected chi connectivity index (χ1v) is 12.2. The van der Waals surface area contributed by atoms with E-state index in [4.69, 9.17) is 0 Å². The van der Waals surface area contributed by atoms with Crippen molar-refractivity contribution in [2.75, 3.05) is 39.3 Å². The molecule has 1 heterocycles. The van der Waals surface area contributed by atoms with Gasteiger partial charge in [0.15, 0.2) is 0 Å². The standard InChI is InChI=1S/C24H50N2O2/c1-5-7-9-11-13-15-23(3,27)21-25-17-19-26(20-18-25)22-24(4,28)16-14-12-10-8-6-2/h27-28H,5-22H2,1-4H3. The molecule has 0 aromatic heterocycles. The van der Waals surface area contributed by atoms with E-state index in [0.29, 0.717) is 0 Å². The highest BCUT2D eigenvalue weighted by molar-refractivity contribution is 4.84. The summed E-state index contributed by atoms with van der Waals surface area (Å²) < 4.78 is 0. The van der Waals surface area contributed by atoms with E-state index in [0.717, 1.165) is 65.0 Å². The van der Waals surface area contributed by atoms with Gasteiger partial charge in [-0.15, -0.1) is 0 Å². The highest BCUT2D eigenvalue weighted by Gasteiger charge is 2.29. The van der Waals surface area contributed by atoms with Crippen molar-refractivity contribution >= 4 is 0 Å². The van der Waals surface area contributed by atoms with Gasteiger partial charge in [0.05, 0.1) is 11.2 Å². The lowest BCUT2D eigenvalue weighted by Crippen LogP contribution is -2.54. The molecule has 168 valence electrons. The average Bonchev–Trinajstić information content (AvgIpc) is 2.62. The minimum atomic E-state index is -0.571. The maximum Gasteiger partial charge on any atom is 0.0746 e. The molecule has 0 spiro atoms. The molecule has 4 heteroatoms. The van der Waals surface area contributed by atoms with Crippen molar-refractivity contribution in [3.8, 4) is 0 Å². The third-order valence-electron chi connectivity index (χ3n) is 6.23. The molecule has 0 saturated carbocycles. The average molecular weight is 399 g/mol. The van der Waals surface area contributed by atoms with Gasteiger partial charge in [-0.1, -0.05) is 78.1 Å². The Kier molecular flexibility index (Phi) is 12.9. The predicted octanol–water partition coefficient (Wildman–Crippen LogP) is 4.83. The minimum Gasteiger partial charge on any atom is -0.389 e. The van der Waals surface area contributed by atoms with Crippen LogP contribution in [-0.4, -0.2) is 70.5 Å². The summed E-state index contributed by atoms with van der Waals surface area (Å²) in [6.45, 7) is 14.0. The molecule has 2 unspecified atom stereocenters. The van der Waals surface area contributed by atoms with Crippen LogP contribution < -0.4 is 0 Å². The fourth-order valence-electron chi connectivity index (χ4n) is 4.45. The summed E-state index contributed by atoms with van der Waals surface area (Å²) in [5.41, 5.74) is -1.14. The molecule has 2 atom stereocenters. The Morgan fingerprint density at radius 3 is 1.21 bits per heavy atom. The SMILES string of the molecule is CCCCCCCC(C)(O)CN1CCN(CC(C)(O)CCCCCCC)CC1. The molecule has 0 bridgehead atoms. The van der Waals surface area contributed by atoms with Crippen LogP contribution in [0.3, 0.4) is 0 Å². The van der Waals surface area contributed by atoms with Crippen LogP contribution in [0.2, 0.25) is 0 Å². The number of hydrogen-bond acceptors (Lipinski definition) is 4. The molecular weight excluding hydrogens is 348 g/mol. The van der Waals surface area contributed by atoms with Crippen LogP contribution in [0.25, 0.3) is 0 Å². The van der Waals surface area contributed by atoms with Crippen molar-refractivity contribution in [2.24, 2.45) is 0 Å². The van der Waals surface area contributed by atoms with Crippen molar-refractivity contribution in [3.63, 3.8) is 0 Å². The summed E-state index contributed by atoms with van der Waals surface area (Å²) in [6.07, 6.45) is 14.3. The van der Waals surface area contributed by atoms with Gasteiger partial charge < -0.3 is 10.2 Å². The number of unbranched alkanes of at least 4 members (excludes halogenated alkanes) is 8. The van der Waals surface area contributed by atoms with Gasteiger partial charge in [-0.2, -0.15) is 0 Å². The molecule has 1 aliphatic heterocycles. The van der Waals surface area contributed by atoms with Crippen molar-refractivity contribution < 1.29 is 10.2 Å². The van der Waals surface area contributed by atoms with Crippen LogP contribution in [-0.2, 0) is 0 Å². The highest BCUT2D eigenvalue weighted by atomic mass is 16.3. The summed E-state index contributed by atoms with van der Waals surface area (Å²) >= 11 is 0. The number of rotatable bonds is 16. The van der Waals surface area contributed by atoms with Crippen LogP contribution in [0.15, 0.2) is 0 Å². The zero-order valence-electron chi connectivity index (χ0n) is 19.5. The lowest BCUT2D eigenvalue weighted by Gasteiger charge is -2.40. The second-order valence-corrected chi connectivity index (χ2v) is 9.87. The first kappa shape index (κ1) is 25.9. The molecule has 1 saturated heterocycles. The maximum absolute atomic E-state index is 10.7. The molecule has 4 nitrogen and oxygen atoms in total. The van der Waals surface area contributed by atoms with Crippen molar-refractivity contribution in [3.05, 3.63) is 0 Å². The minimum absolute atomic E-state index is 0.571. The van der Waals surface area contributed by atoms with Gasteiger partial charge in [0.1, 0.15) is 0 Å². The molecule has 0 aromatic rings. The molecule has 2 N–H and O–H groups in total. The summed E-state index contributed by atoms with van der Waals surface area (Å²) in [6, 6.07) is 0. The quantitative estimate of drug-likeness (QED) is 0.366. The third-order valence-corrected chi connectivity index (χ3v) is 6.23. The maximum atomic E-state index is 10.7. The zero-order valence-corrected chi connectivity index (χ0v) is 19.5. The van der Waals surface area contributed by atoms with Gasteiger partial charge in [0.25, 0.3) is 0 Å². The first-order chi connectivity index (χ1) is 13.3. The number of β-amino-alcohol motifs (C(OH)–C–C–N with tert-alkyl or cyclic N) is 2. The molecule has 1 aliphatic rings. The smallest absolute Gasteiger partial charge is 0.0746 e. The first-order valence-electron chi connectivity index (χ1n) is 12.2. The molecule has 1 fully saturated rings. The summed E-state index contributed by atoms with van der Waals surface area (Å²) in [5.74, 6) is 0. The van der Waals surface area contributed by atoms with Gasteiger partial charge in [0.2, 0.25) is 0 Å². The topological polar surface area (TPSA) is 46.9 Å². The largest absolute Gasteiger partial charge is 0.389 e. The molecule has 1 rings (SSSR count). The lowest BCUT2D eigenvalue weighted by atomic mass is 9.96. The number of nitrogens with zero attached hydrogens (tertiary/aromatic N) is 2. The van der Waals surface area contributed by atoms with E-state index in [9.17, 15) is 10.2 Å². The van der Waals surface area contributed by atoms with Gasteiger partial charge in [-0.05, 0) is 26.7 Å². The Hall–Kier alpha value is -0.160. The number of hydrogen-bond donors (Lipinski definition) is 2. The van der Waals surface area contributed by atoms with Crippen LogP contribution in [0, 0.1) is 0 Å². The molecule has 0 amide bonds. The van der Waals surface area contributed by atoms with Crippen LogP contribution in [0.4, 0.5) is 0 Å². The van der Waals surface area contributed by atoms with E-state index in [1.165, 1.54) is 51.4 Å². The van der Waals surface area contributed by atoms with E-state index in [1.807, 2.05) is 13.8 Å². The van der Waals surface area contributed by atoms with Crippen molar-refractivity contribution in [2.45, 2.75) is 116 Å². The molecule has 0 aromatic carbocycles. The monoisotopic (exact) mass is 398 g/mol. The van der Waals surface area contributed by atoms with E-state index in [-0.39, 0.29) is 0 Å². The second kappa shape index (κ2) is 14.0. The highest BCUT2D eigenvalue weighted by Crippen LogP contribution is 2.20. The fourth-order valence-corrected chi connectivity index (χ4v) is 4.45. The van der Waals surface area contributed by atoms with Crippen LogP contribution >= 0.6 is 0 Å². The fraction of sp³-hybridized carbons (Fsp3) is 1.00. The van der Waals surface area contributed by atoms with Gasteiger partial charge in [-0.25, -0.2) is 0 Å². The van der Waals surface area contributed by atoms with E-state index in [1.54, 1.807) is 0 Å². The predicted molar refractivity (Wildman–Crippen MR) is 121 cm³/mol. The van der Waals surface area contributed by atoms with Crippen molar-refractivity contribution in [1.29, 1.82) is 0 Å². The van der Waals surface area contributed by atoms with Gasteiger partial charge in [-0.3, -0.25) is 9.80 Å². The van der Waals surface area contributed by atoms with Gasteiger partial charge >= 0.3 is 0 Å². The normalized spacial score (nSPS) is 20.8. The van der Waals surface area contributed by atoms with E-state index >= 15 is 0 Å². The molecule has 0 aliphatic carbocycles. The zero-order chi connectivity index (χ0) is 20.9.